The lowest BCUT2D eigenvalue weighted by atomic mass is 10.1. The van der Waals surface area contributed by atoms with Crippen molar-refractivity contribution in [1.29, 1.82) is 0 Å². The summed E-state index contributed by atoms with van der Waals surface area (Å²) in [6.45, 7) is 6.47. The van der Waals surface area contributed by atoms with Gasteiger partial charge in [-0.25, -0.2) is 4.68 Å². The molecule has 6 nitrogen and oxygen atoms in total. The number of halogens is 1. The third-order valence-corrected chi connectivity index (χ3v) is 5.76. The van der Waals surface area contributed by atoms with Crippen molar-refractivity contribution in [2.75, 3.05) is 44.7 Å². The number of rotatable bonds is 7. The highest BCUT2D eigenvalue weighted by Gasteiger charge is 2.21. The molecule has 2 heterocycles. The van der Waals surface area contributed by atoms with Gasteiger partial charge in [-0.15, -0.1) is 12.4 Å². The SMILES string of the molecule is COc1ccccc1N1CCN(CCC(=O)c2cnn(-c3ccccc3)c2C)CC1.Cl. The number of para-hydroxylation sites is 3. The summed E-state index contributed by atoms with van der Waals surface area (Å²) >= 11 is 0. The third-order valence-electron chi connectivity index (χ3n) is 5.76. The summed E-state index contributed by atoms with van der Waals surface area (Å²) in [7, 11) is 1.71. The molecular weight excluding hydrogens is 412 g/mol. The van der Waals surface area contributed by atoms with Crippen molar-refractivity contribution >= 4 is 23.9 Å². The molecule has 0 saturated carbocycles. The van der Waals surface area contributed by atoms with Crippen LogP contribution in [0.4, 0.5) is 5.69 Å². The molecule has 1 aromatic heterocycles. The van der Waals surface area contributed by atoms with Crippen LogP contribution in [0.1, 0.15) is 22.5 Å². The molecule has 31 heavy (non-hydrogen) atoms. The molecule has 4 rings (SSSR count). The number of benzene rings is 2. The Kier molecular flexibility index (Phi) is 7.71. The van der Waals surface area contributed by atoms with E-state index in [9.17, 15) is 4.79 Å². The zero-order valence-corrected chi connectivity index (χ0v) is 18.8. The second-order valence-corrected chi connectivity index (χ2v) is 7.56. The predicted octanol–water partition coefficient (Wildman–Crippen LogP) is 4.01. The summed E-state index contributed by atoms with van der Waals surface area (Å²) < 4.78 is 7.32. The maximum Gasteiger partial charge on any atom is 0.167 e. The molecule has 164 valence electrons. The molecule has 1 saturated heterocycles. The summed E-state index contributed by atoms with van der Waals surface area (Å²) in [4.78, 5) is 17.5. The minimum absolute atomic E-state index is 0. The van der Waals surface area contributed by atoms with Crippen LogP contribution in [0.2, 0.25) is 0 Å². The van der Waals surface area contributed by atoms with Crippen molar-refractivity contribution in [2.45, 2.75) is 13.3 Å². The fourth-order valence-electron chi connectivity index (χ4n) is 4.01. The molecule has 0 radical (unpaired) electrons. The molecule has 0 spiro atoms. The van der Waals surface area contributed by atoms with Gasteiger partial charge in [0.25, 0.3) is 0 Å². The van der Waals surface area contributed by atoms with Crippen LogP contribution in [-0.4, -0.2) is 60.3 Å². The lowest BCUT2D eigenvalue weighted by Crippen LogP contribution is -2.47. The topological polar surface area (TPSA) is 50.6 Å². The first-order valence-electron chi connectivity index (χ1n) is 10.4. The van der Waals surface area contributed by atoms with Gasteiger partial charge < -0.3 is 9.64 Å². The number of aromatic nitrogens is 2. The van der Waals surface area contributed by atoms with Crippen LogP contribution in [-0.2, 0) is 0 Å². The highest BCUT2D eigenvalue weighted by molar-refractivity contribution is 5.97. The Morgan fingerprint density at radius 2 is 1.68 bits per heavy atom. The Morgan fingerprint density at radius 3 is 2.39 bits per heavy atom. The molecule has 1 aliphatic heterocycles. The quantitative estimate of drug-likeness (QED) is 0.519. The maximum absolute atomic E-state index is 12.8. The lowest BCUT2D eigenvalue weighted by molar-refractivity contribution is 0.0962. The first-order valence-corrected chi connectivity index (χ1v) is 10.4. The van der Waals surface area contributed by atoms with Crippen molar-refractivity contribution in [3.63, 3.8) is 0 Å². The summed E-state index contributed by atoms with van der Waals surface area (Å²) in [5, 5.41) is 4.43. The molecule has 1 fully saturated rings. The standard InChI is InChI=1S/C24H28N4O2.ClH/c1-19-21(18-25-28(19)20-8-4-3-5-9-20)23(29)12-13-26-14-16-27(17-15-26)22-10-6-7-11-24(22)30-2;/h3-11,18H,12-17H2,1-2H3;1H. The van der Waals surface area contributed by atoms with Crippen molar-refractivity contribution in [3.8, 4) is 11.4 Å². The summed E-state index contributed by atoms with van der Waals surface area (Å²) in [5.41, 5.74) is 3.72. The number of ether oxygens (including phenoxy) is 1. The Hall–Kier alpha value is -2.83. The minimum Gasteiger partial charge on any atom is -0.495 e. The Morgan fingerprint density at radius 1 is 1.00 bits per heavy atom. The zero-order chi connectivity index (χ0) is 20.9. The van der Waals surface area contributed by atoms with Gasteiger partial charge in [-0.1, -0.05) is 30.3 Å². The second kappa shape index (κ2) is 10.5. The van der Waals surface area contributed by atoms with E-state index >= 15 is 0 Å². The van der Waals surface area contributed by atoms with E-state index in [1.165, 1.54) is 0 Å². The monoisotopic (exact) mass is 440 g/mol. The van der Waals surface area contributed by atoms with Gasteiger partial charge in [0.15, 0.2) is 5.78 Å². The molecule has 3 aromatic rings. The fraction of sp³-hybridized carbons (Fsp3) is 0.333. The normalized spacial score (nSPS) is 14.2. The van der Waals surface area contributed by atoms with Crippen molar-refractivity contribution in [1.82, 2.24) is 14.7 Å². The molecule has 0 bridgehead atoms. The van der Waals surface area contributed by atoms with E-state index in [0.29, 0.717) is 12.0 Å². The molecule has 7 heteroatoms. The van der Waals surface area contributed by atoms with Crippen LogP contribution >= 0.6 is 12.4 Å². The minimum atomic E-state index is 0. The van der Waals surface area contributed by atoms with E-state index in [2.05, 4.69) is 21.0 Å². The lowest BCUT2D eigenvalue weighted by Gasteiger charge is -2.36. The zero-order valence-electron chi connectivity index (χ0n) is 18.0. The molecule has 0 atom stereocenters. The second-order valence-electron chi connectivity index (χ2n) is 7.56. The van der Waals surface area contributed by atoms with Crippen LogP contribution in [0, 0.1) is 6.92 Å². The number of hydrogen-bond donors (Lipinski definition) is 0. The van der Waals surface area contributed by atoms with Crippen molar-refractivity contribution in [3.05, 3.63) is 72.1 Å². The van der Waals surface area contributed by atoms with Gasteiger partial charge in [0.1, 0.15) is 5.75 Å². The van der Waals surface area contributed by atoms with E-state index in [1.54, 1.807) is 13.3 Å². The van der Waals surface area contributed by atoms with Crippen molar-refractivity contribution in [2.24, 2.45) is 0 Å². The smallest absolute Gasteiger partial charge is 0.167 e. The van der Waals surface area contributed by atoms with Gasteiger partial charge in [-0.2, -0.15) is 5.10 Å². The largest absolute Gasteiger partial charge is 0.495 e. The number of methoxy groups -OCH3 is 1. The van der Waals surface area contributed by atoms with E-state index in [-0.39, 0.29) is 18.2 Å². The molecule has 0 N–H and O–H groups in total. The molecule has 0 unspecified atom stereocenters. The van der Waals surface area contributed by atoms with Crippen LogP contribution < -0.4 is 9.64 Å². The van der Waals surface area contributed by atoms with Crippen LogP contribution in [0.15, 0.2) is 60.8 Å². The van der Waals surface area contributed by atoms with Gasteiger partial charge in [0.2, 0.25) is 0 Å². The molecular formula is C24H29ClN4O2. The van der Waals surface area contributed by atoms with Crippen LogP contribution in [0.25, 0.3) is 5.69 Å². The average Bonchev–Trinajstić information content (AvgIpc) is 3.19. The summed E-state index contributed by atoms with van der Waals surface area (Å²) in [5.74, 6) is 1.06. The first-order chi connectivity index (χ1) is 14.7. The number of carbonyl (C=O) groups is 1. The third kappa shape index (κ3) is 5.09. The van der Waals surface area contributed by atoms with Crippen LogP contribution in [0.3, 0.4) is 0 Å². The number of Topliss-reactive ketones (excluding diaryl/α,β-unsaturated/α-hetero) is 1. The number of piperazine rings is 1. The summed E-state index contributed by atoms with van der Waals surface area (Å²) in [6.07, 6.45) is 2.21. The predicted molar refractivity (Wildman–Crippen MR) is 126 cm³/mol. The van der Waals surface area contributed by atoms with Gasteiger partial charge >= 0.3 is 0 Å². The number of nitrogens with zero attached hydrogens (tertiary/aromatic N) is 4. The Labute approximate surface area is 189 Å². The Balaban J connectivity index is 0.00000272. The van der Waals surface area contributed by atoms with Gasteiger partial charge in [-0.3, -0.25) is 9.69 Å². The first kappa shape index (κ1) is 22.8. The van der Waals surface area contributed by atoms with E-state index < -0.39 is 0 Å². The van der Waals surface area contributed by atoms with Gasteiger partial charge in [0, 0.05) is 39.1 Å². The number of anilines is 1. The van der Waals surface area contributed by atoms with E-state index in [0.717, 1.165) is 55.5 Å². The van der Waals surface area contributed by atoms with E-state index in [1.807, 2.05) is 60.1 Å². The number of carbonyl (C=O) groups excluding carboxylic acids is 1. The fourth-order valence-corrected chi connectivity index (χ4v) is 4.01. The molecule has 1 aliphatic rings. The Bertz CT molecular complexity index is 998. The van der Waals surface area contributed by atoms with Gasteiger partial charge in [-0.05, 0) is 31.2 Å². The molecule has 0 amide bonds. The number of ketones is 1. The average molecular weight is 441 g/mol. The number of hydrogen-bond acceptors (Lipinski definition) is 5. The van der Waals surface area contributed by atoms with Crippen molar-refractivity contribution < 1.29 is 9.53 Å². The highest BCUT2D eigenvalue weighted by atomic mass is 35.5. The highest BCUT2D eigenvalue weighted by Crippen LogP contribution is 2.28. The molecule has 2 aromatic carbocycles. The van der Waals surface area contributed by atoms with E-state index in [4.69, 9.17) is 4.74 Å². The van der Waals surface area contributed by atoms with Crippen LogP contribution in [0.5, 0.6) is 5.75 Å². The maximum atomic E-state index is 12.8. The molecule has 0 aliphatic carbocycles. The van der Waals surface area contributed by atoms with Gasteiger partial charge in [0.05, 0.1) is 35.9 Å². The summed E-state index contributed by atoms with van der Waals surface area (Å²) in [6, 6.07) is 18.1.